The molecule has 61 heavy (non-hydrogen) atoms. The second-order valence-corrected chi connectivity index (χ2v) is 17.1. The van der Waals surface area contributed by atoms with Crippen molar-refractivity contribution in [3.05, 3.63) is 138 Å². The van der Waals surface area contributed by atoms with Crippen molar-refractivity contribution in [3.8, 4) is 0 Å². The van der Waals surface area contributed by atoms with Crippen LogP contribution in [0.25, 0.3) is 11.8 Å². The molecule has 0 aromatic heterocycles. The summed E-state index contributed by atoms with van der Waals surface area (Å²) in [6.07, 6.45) is 20.6. The van der Waals surface area contributed by atoms with Crippen molar-refractivity contribution in [1.29, 1.82) is 0 Å². The van der Waals surface area contributed by atoms with E-state index in [1.54, 1.807) is 12.1 Å². The lowest BCUT2D eigenvalue weighted by atomic mass is 9.95. The van der Waals surface area contributed by atoms with Crippen LogP contribution in [0, 0.1) is 18.7 Å². The van der Waals surface area contributed by atoms with Crippen molar-refractivity contribution in [3.63, 3.8) is 0 Å². The highest BCUT2D eigenvalue weighted by Crippen LogP contribution is 2.32. The largest absolute Gasteiger partial charge is 0.397 e. The molecule has 3 fully saturated rings. The van der Waals surface area contributed by atoms with Crippen LogP contribution in [0.1, 0.15) is 87.0 Å². The van der Waals surface area contributed by atoms with Crippen molar-refractivity contribution in [2.45, 2.75) is 90.1 Å². The number of likely N-dealkylation sites (tertiary alicyclic amines) is 1. The van der Waals surface area contributed by atoms with Crippen molar-refractivity contribution >= 4 is 29.1 Å². The average molecular weight is 858 g/mol. The van der Waals surface area contributed by atoms with Gasteiger partial charge in [0.15, 0.2) is 0 Å². The van der Waals surface area contributed by atoms with Crippen LogP contribution in [-0.4, -0.2) is 93.7 Å². The molecule has 2 aromatic carbocycles. The molecule has 3 aliphatic rings. The Bertz CT molecular complexity index is 1780. The number of hydrogen-bond donors (Lipinski definition) is 4. The summed E-state index contributed by atoms with van der Waals surface area (Å²) in [6, 6.07) is 10.3. The highest BCUT2D eigenvalue weighted by Gasteiger charge is 2.26. The predicted molar refractivity (Wildman–Crippen MR) is 264 cm³/mol. The zero-order chi connectivity index (χ0) is 44.9. The average Bonchev–Trinajstić information content (AvgIpc) is 3.27. The molecule has 0 bridgehead atoms. The first-order chi connectivity index (χ1) is 29.3. The SMILES string of the molecule is C=CCCC(C=C)N(C)C(=C)c1cc(N2CCN(CC3CCN(/C(N)=C/C=C(\N)C(=C)NC4CCCCC4)CC3)CC2)c(F)cc1C=C.CCc1ccc(C)c(Cl)c1.CNC. The summed E-state index contributed by atoms with van der Waals surface area (Å²) < 4.78 is 15.5. The number of aryl methyl sites for hydroxylation is 2. The number of anilines is 1. The molecule has 8 nitrogen and oxygen atoms in total. The third kappa shape index (κ3) is 16.1. The molecule has 2 heterocycles. The number of hydrogen-bond acceptors (Lipinski definition) is 8. The number of nitrogens with one attached hydrogen (secondary N) is 2. The first-order valence-electron chi connectivity index (χ1n) is 22.4. The van der Waals surface area contributed by atoms with Gasteiger partial charge in [-0.25, -0.2) is 4.39 Å². The lowest BCUT2D eigenvalue weighted by molar-refractivity contribution is 0.158. The van der Waals surface area contributed by atoms with E-state index in [1.165, 1.54) is 37.7 Å². The van der Waals surface area contributed by atoms with Crippen molar-refractivity contribution in [1.82, 2.24) is 25.3 Å². The van der Waals surface area contributed by atoms with Gasteiger partial charge in [0, 0.05) is 81.2 Å². The standard InChI is InChI=1S/C40H60FN7.C9H11Cl.C2H7N/c1-7-10-16-35(9-3)45(6)31(5)36-28-39(37(41)27-33(36)8-2)47-25-23-46(24-26-47)29-32-19-21-48(22-20-32)40(43)18-17-38(42)30(4)44-34-14-12-11-13-15-34;1-3-8-5-4-7(2)9(10)6-8;1-3-2/h7-9,17-18,27-28,32,34-35,44H,1-5,10-16,19-26,29,42-43H2,6H3;4-6H,3H2,1-2H3;3H,1-2H3/b38-17-,40-18+;;. The molecule has 6 N–H and O–H groups in total. The highest BCUT2D eigenvalue weighted by atomic mass is 35.5. The maximum absolute atomic E-state index is 15.5. The summed E-state index contributed by atoms with van der Waals surface area (Å²) in [5, 5.41) is 7.12. The summed E-state index contributed by atoms with van der Waals surface area (Å²) in [4.78, 5) is 9.07. The van der Waals surface area contributed by atoms with E-state index >= 15 is 4.39 Å². The molecular formula is C51H78ClFN8. The highest BCUT2D eigenvalue weighted by molar-refractivity contribution is 6.31. The number of nitrogens with two attached hydrogens (primary N) is 2. The van der Waals surface area contributed by atoms with Gasteiger partial charge in [-0.15, -0.1) is 13.2 Å². The molecule has 1 saturated carbocycles. The molecular weight excluding hydrogens is 779 g/mol. The van der Waals surface area contributed by atoms with Gasteiger partial charge in [0.05, 0.1) is 22.9 Å². The maximum atomic E-state index is 15.5. The summed E-state index contributed by atoms with van der Waals surface area (Å²) in [5.74, 6) is 1.16. The molecule has 2 saturated heterocycles. The van der Waals surface area contributed by atoms with E-state index in [9.17, 15) is 0 Å². The van der Waals surface area contributed by atoms with Crippen LogP contribution in [0.3, 0.4) is 0 Å². The van der Waals surface area contributed by atoms with Gasteiger partial charge in [-0.2, -0.15) is 0 Å². The van der Waals surface area contributed by atoms with Crippen LogP contribution in [-0.2, 0) is 6.42 Å². The molecule has 5 rings (SSSR count). The number of piperazine rings is 1. The molecule has 0 amide bonds. The summed E-state index contributed by atoms with van der Waals surface area (Å²) in [7, 11) is 5.77. The van der Waals surface area contributed by atoms with Gasteiger partial charge in [0.1, 0.15) is 5.82 Å². The molecule has 2 aromatic rings. The number of halogens is 2. The lowest BCUT2D eigenvalue weighted by Gasteiger charge is -2.40. The van der Waals surface area contributed by atoms with E-state index in [1.807, 2.05) is 64.5 Å². The smallest absolute Gasteiger partial charge is 0.147 e. The van der Waals surface area contributed by atoms with Crippen molar-refractivity contribution in [2.24, 2.45) is 17.4 Å². The monoisotopic (exact) mass is 857 g/mol. The third-order valence-electron chi connectivity index (χ3n) is 12.1. The van der Waals surface area contributed by atoms with E-state index in [2.05, 4.69) is 82.2 Å². The fraction of sp³-hybridized carbons (Fsp3) is 0.490. The molecule has 10 heteroatoms. The Balaban J connectivity index is 0.000000654. The summed E-state index contributed by atoms with van der Waals surface area (Å²) in [5.41, 5.74) is 19.8. The molecule has 336 valence electrons. The van der Waals surface area contributed by atoms with Crippen molar-refractivity contribution < 1.29 is 4.39 Å². The Kier molecular flexibility index (Phi) is 22.4. The summed E-state index contributed by atoms with van der Waals surface area (Å²) in [6.45, 7) is 30.8. The van der Waals surface area contributed by atoms with Gasteiger partial charge in [-0.1, -0.05) is 87.9 Å². The number of rotatable bonds is 17. The van der Waals surface area contributed by atoms with Crippen LogP contribution in [0.4, 0.5) is 10.1 Å². The second-order valence-electron chi connectivity index (χ2n) is 16.6. The fourth-order valence-corrected chi connectivity index (χ4v) is 8.31. The minimum absolute atomic E-state index is 0.110. The number of benzene rings is 2. The topological polar surface area (TPSA) is 89.1 Å². The van der Waals surface area contributed by atoms with E-state index < -0.39 is 0 Å². The van der Waals surface area contributed by atoms with Crippen LogP contribution < -0.4 is 27.0 Å². The molecule has 2 aliphatic heterocycles. The van der Waals surface area contributed by atoms with Crippen LogP contribution in [0.5, 0.6) is 0 Å². The maximum Gasteiger partial charge on any atom is 0.147 e. The number of piperidine rings is 1. The van der Waals surface area contributed by atoms with Crippen molar-refractivity contribution in [2.75, 3.05) is 71.9 Å². The van der Waals surface area contributed by atoms with E-state index in [4.69, 9.17) is 23.1 Å². The fourth-order valence-electron chi connectivity index (χ4n) is 8.11. The van der Waals surface area contributed by atoms with E-state index in [0.29, 0.717) is 23.3 Å². The Morgan fingerprint density at radius 1 is 0.951 bits per heavy atom. The zero-order valence-corrected chi connectivity index (χ0v) is 39.0. The van der Waals surface area contributed by atoms with Gasteiger partial charge >= 0.3 is 0 Å². The molecule has 1 unspecified atom stereocenters. The van der Waals surface area contributed by atoms with Gasteiger partial charge in [-0.05, 0) is 119 Å². The number of likely N-dealkylation sites (N-methyl/N-ethyl adjacent to an activating group) is 1. The summed E-state index contributed by atoms with van der Waals surface area (Å²) >= 11 is 5.89. The molecule has 1 aliphatic carbocycles. The van der Waals surface area contributed by atoms with Gasteiger partial charge in [0.25, 0.3) is 0 Å². The van der Waals surface area contributed by atoms with Crippen LogP contribution in [0.15, 0.2) is 105 Å². The Labute approximate surface area is 374 Å². The first kappa shape index (κ1) is 50.9. The first-order valence-corrected chi connectivity index (χ1v) is 22.7. The molecule has 0 spiro atoms. The second kappa shape index (κ2) is 26.8. The zero-order valence-electron chi connectivity index (χ0n) is 38.3. The lowest BCUT2D eigenvalue weighted by Crippen LogP contribution is -2.49. The van der Waals surface area contributed by atoms with Crippen LogP contribution >= 0.6 is 11.6 Å². The number of allylic oxidation sites excluding steroid dienone is 3. The van der Waals surface area contributed by atoms with Crippen LogP contribution in [0.2, 0.25) is 5.02 Å². The Morgan fingerprint density at radius 3 is 2.18 bits per heavy atom. The van der Waals surface area contributed by atoms with E-state index in [-0.39, 0.29) is 11.9 Å². The van der Waals surface area contributed by atoms with E-state index in [0.717, 1.165) is 117 Å². The van der Waals surface area contributed by atoms with Gasteiger partial charge in [-0.3, -0.25) is 4.90 Å². The minimum Gasteiger partial charge on any atom is -0.397 e. The van der Waals surface area contributed by atoms with Gasteiger partial charge < -0.3 is 36.8 Å². The Hall–Kier alpha value is -4.44. The quantitative estimate of drug-likeness (QED) is 0.0925. The number of nitrogens with zero attached hydrogens (tertiary/aromatic N) is 4. The van der Waals surface area contributed by atoms with Gasteiger partial charge in [0.2, 0.25) is 0 Å². The molecule has 1 atom stereocenters. The Morgan fingerprint density at radius 2 is 1.61 bits per heavy atom. The molecule has 0 radical (unpaired) electrons. The third-order valence-corrected chi connectivity index (χ3v) is 12.5. The minimum atomic E-state index is -0.219. The predicted octanol–water partition coefficient (Wildman–Crippen LogP) is 9.85. The normalized spacial score (nSPS) is 17.2.